The van der Waals surface area contributed by atoms with Gasteiger partial charge in [-0.2, -0.15) is 0 Å². The molecule has 3 rings (SSSR count). The first-order chi connectivity index (χ1) is 8.34. The van der Waals surface area contributed by atoms with Gasteiger partial charge in [-0.15, -0.1) is 11.3 Å². The lowest BCUT2D eigenvalue weighted by atomic mass is 9.99. The van der Waals surface area contributed by atoms with Crippen LogP contribution in [0.5, 0.6) is 0 Å². The zero-order valence-corrected chi connectivity index (χ0v) is 11.3. The van der Waals surface area contributed by atoms with Crippen LogP contribution in [0, 0.1) is 5.92 Å². The van der Waals surface area contributed by atoms with Gasteiger partial charge in [-0.1, -0.05) is 19.3 Å². The van der Waals surface area contributed by atoms with E-state index in [1.54, 1.807) is 10.4 Å². The SMILES string of the molecule is OC(c1cc2c(s1)CCCCC2)C1CCCC1. The molecule has 0 saturated heterocycles. The summed E-state index contributed by atoms with van der Waals surface area (Å²) >= 11 is 1.89. The highest BCUT2D eigenvalue weighted by atomic mass is 32.1. The van der Waals surface area contributed by atoms with Crippen LogP contribution in [0.25, 0.3) is 0 Å². The Balaban J connectivity index is 1.78. The van der Waals surface area contributed by atoms with Gasteiger partial charge in [-0.3, -0.25) is 0 Å². The molecule has 2 heteroatoms. The summed E-state index contributed by atoms with van der Waals surface area (Å²) in [7, 11) is 0. The minimum Gasteiger partial charge on any atom is -0.387 e. The highest BCUT2D eigenvalue weighted by Gasteiger charge is 2.26. The normalized spacial score (nSPS) is 23.4. The maximum Gasteiger partial charge on any atom is 0.0910 e. The van der Waals surface area contributed by atoms with Crippen molar-refractivity contribution in [2.24, 2.45) is 5.92 Å². The number of aryl methyl sites for hydroxylation is 2. The van der Waals surface area contributed by atoms with Crippen LogP contribution in [0.15, 0.2) is 6.07 Å². The monoisotopic (exact) mass is 250 g/mol. The summed E-state index contributed by atoms with van der Waals surface area (Å²) in [6.07, 6.45) is 11.4. The molecule has 1 N–H and O–H groups in total. The molecule has 1 atom stereocenters. The number of aliphatic hydroxyl groups is 1. The summed E-state index contributed by atoms with van der Waals surface area (Å²) in [4.78, 5) is 2.82. The van der Waals surface area contributed by atoms with Crippen molar-refractivity contribution in [2.75, 3.05) is 0 Å². The summed E-state index contributed by atoms with van der Waals surface area (Å²) in [5, 5.41) is 10.5. The zero-order chi connectivity index (χ0) is 11.7. The Morgan fingerprint density at radius 3 is 2.65 bits per heavy atom. The molecule has 1 aromatic rings. The molecule has 0 spiro atoms. The first-order valence-corrected chi connectivity index (χ1v) is 7.96. The van der Waals surface area contributed by atoms with E-state index in [1.807, 2.05) is 11.3 Å². The summed E-state index contributed by atoms with van der Waals surface area (Å²) in [5.74, 6) is 0.539. The average Bonchev–Trinajstić information content (AvgIpc) is 2.95. The Bertz CT molecular complexity index is 353. The van der Waals surface area contributed by atoms with Gasteiger partial charge in [0.25, 0.3) is 0 Å². The second-order valence-corrected chi connectivity index (χ2v) is 6.82. The lowest BCUT2D eigenvalue weighted by molar-refractivity contribution is 0.115. The molecular weight excluding hydrogens is 228 g/mol. The summed E-state index contributed by atoms with van der Waals surface area (Å²) in [6, 6.07) is 2.31. The molecule has 0 aromatic carbocycles. The second kappa shape index (κ2) is 5.11. The van der Waals surface area contributed by atoms with Gasteiger partial charge < -0.3 is 5.11 Å². The average molecular weight is 250 g/mol. The number of hydrogen-bond acceptors (Lipinski definition) is 2. The van der Waals surface area contributed by atoms with Crippen molar-refractivity contribution in [3.63, 3.8) is 0 Å². The molecule has 0 radical (unpaired) electrons. The van der Waals surface area contributed by atoms with Crippen LogP contribution in [0.4, 0.5) is 0 Å². The molecule has 2 aliphatic carbocycles. The quantitative estimate of drug-likeness (QED) is 0.778. The van der Waals surface area contributed by atoms with E-state index in [0.717, 1.165) is 0 Å². The van der Waals surface area contributed by atoms with Crippen molar-refractivity contribution < 1.29 is 5.11 Å². The fourth-order valence-electron chi connectivity index (χ4n) is 3.34. The van der Waals surface area contributed by atoms with Crippen LogP contribution in [0.3, 0.4) is 0 Å². The Morgan fingerprint density at radius 2 is 1.82 bits per heavy atom. The number of thiophene rings is 1. The van der Waals surface area contributed by atoms with Crippen molar-refractivity contribution in [1.29, 1.82) is 0 Å². The standard InChI is InChI=1S/C15H22OS/c16-15(11-6-4-5-7-11)14-10-12-8-2-1-3-9-13(12)17-14/h10-11,15-16H,1-9H2. The van der Waals surface area contributed by atoms with Crippen molar-refractivity contribution >= 4 is 11.3 Å². The first-order valence-electron chi connectivity index (χ1n) is 7.14. The van der Waals surface area contributed by atoms with Gasteiger partial charge in [0.15, 0.2) is 0 Å². The van der Waals surface area contributed by atoms with Crippen molar-refractivity contribution in [1.82, 2.24) is 0 Å². The molecule has 0 bridgehead atoms. The van der Waals surface area contributed by atoms with Gasteiger partial charge in [0.05, 0.1) is 6.10 Å². The van der Waals surface area contributed by atoms with Crippen LogP contribution < -0.4 is 0 Å². The van der Waals surface area contributed by atoms with E-state index in [4.69, 9.17) is 0 Å². The molecule has 0 amide bonds. The highest BCUT2D eigenvalue weighted by molar-refractivity contribution is 7.12. The predicted octanol–water partition coefficient (Wildman–Crippen LogP) is 4.24. The molecule has 1 aromatic heterocycles. The topological polar surface area (TPSA) is 20.2 Å². The highest BCUT2D eigenvalue weighted by Crippen LogP contribution is 2.40. The maximum atomic E-state index is 10.5. The van der Waals surface area contributed by atoms with Gasteiger partial charge in [0.2, 0.25) is 0 Å². The molecular formula is C15H22OS. The van der Waals surface area contributed by atoms with Crippen LogP contribution >= 0.6 is 11.3 Å². The van der Waals surface area contributed by atoms with E-state index >= 15 is 0 Å². The summed E-state index contributed by atoms with van der Waals surface area (Å²) in [5.41, 5.74) is 1.54. The Morgan fingerprint density at radius 1 is 1.06 bits per heavy atom. The van der Waals surface area contributed by atoms with Gasteiger partial charge in [0.1, 0.15) is 0 Å². The molecule has 1 nitrogen and oxygen atoms in total. The van der Waals surface area contributed by atoms with E-state index < -0.39 is 0 Å². The van der Waals surface area contributed by atoms with E-state index in [2.05, 4.69) is 6.07 Å². The number of rotatable bonds is 2. The van der Waals surface area contributed by atoms with Crippen molar-refractivity contribution in [3.05, 3.63) is 21.4 Å². The molecule has 94 valence electrons. The van der Waals surface area contributed by atoms with Gasteiger partial charge in [0, 0.05) is 9.75 Å². The molecule has 0 aliphatic heterocycles. The summed E-state index contributed by atoms with van der Waals surface area (Å²) in [6.45, 7) is 0. The Hall–Kier alpha value is -0.340. The molecule has 17 heavy (non-hydrogen) atoms. The van der Waals surface area contributed by atoms with E-state index in [0.29, 0.717) is 5.92 Å². The van der Waals surface area contributed by atoms with Crippen LogP contribution in [-0.2, 0) is 12.8 Å². The minimum atomic E-state index is -0.172. The lowest BCUT2D eigenvalue weighted by Crippen LogP contribution is -2.07. The van der Waals surface area contributed by atoms with Crippen LogP contribution in [-0.4, -0.2) is 5.11 Å². The molecule has 2 aliphatic rings. The lowest BCUT2D eigenvalue weighted by Gasteiger charge is -2.15. The number of aliphatic hydroxyl groups excluding tert-OH is 1. The summed E-state index contributed by atoms with van der Waals surface area (Å²) < 4.78 is 0. The van der Waals surface area contributed by atoms with Crippen LogP contribution in [0.1, 0.15) is 66.4 Å². The van der Waals surface area contributed by atoms with E-state index in [1.165, 1.54) is 62.7 Å². The third kappa shape index (κ3) is 2.43. The second-order valence-electron chi connectivity index (χ2n) is 5.65. The molecule has 1 heterocycles. The van der Waals surface area contributed by atoms with Gasteiger partial charge in [-0.05, 0) is 56.1 Å². The number of hydrogen-bond donors (Lipinski definition) is 1. The smallest absolute Gasteiger partial charge is 0.0910 e. The fourth-order valence-corrected chi connectivity index (χ4v) is 4.68. The predicted molar refractivity (Wildman–Crippen MR) is 72.5 cm³/mol. The fraction of sp³-hybridized carbons (Fsp3) is 0.733. The molecule has 1 fully saturated rings. The van der Waals surface area contributed by atoms with Gasteiger partial charge in [-0.25, -0.2) is 0 Å². The number of fused-ring (bicyclic) bond motifs is 1. The van der Waals surface area contributed by atoms with Gasteiger partial charge >= 0.3 is 0 Å². The third-order valence-electron chi connectivity index (χ3n) is 4.40. The van der Waals surface area contributed by atoms with E-state index in [-0.39, 0.29) is 6.10 Å². The minimum absolute atomic E-state index is 0.172. The van der Waals surface area contributed by atoms with Crippen LogP contribution in [0.2, 0.25) is 0 Å². The molecule has 1 saturated carbocycles. The van der Waals surface area contributed by atoms with E-state index in [9.17, 15) is 5.11 Å². The van der Waals surface area contributed by atoms with Crippen molar-refractivity contribution in [3.8, 4) is 0 Å². The zero-order valence-electron chi connectivity index (χ0n) is 10.5. The maximum absolute atomic E-state index is 10.5. The Kier molecular flexibility index (Phi) is 3.53. The Labute approximate surface area is 108 Å². The largest absolute Gasteiger partial charge is 0.387 e. The molecule has 1 unspecified atom stereocenters. The first kappa shape index (κ1) is 11.7. The third-order valence-corrected chi connectivity index (χ3v) is 5.71. The van der Waals surface area contributed by atoms with Crippen molar-refractivity contribution in [2.45, 2.75) is 63.9 Å².